The van der Waals surface area contributed by atoms with Gasteiger partial charge in [-0.05, 0) is 19.1 Å². The maximum atomic E-state index is 10.5. The molecular weight excluding hydrogens is 138 g/mol. The number of nitrogens with zero attached hydrogens (tertiary/aromatic N) is 1. The Balaban J connectivity index is 3.87. The van der Waals surface area contributed by atoms with E-state index in [0.717, 1.165) is 0 Å². The topological polar surface area (TPSA) is 38.7 Å². The summed E-state index contributed by atoms with van der Waals surface area (Å²) in [7, 11) is 1.30. The van der Waals surface area contributed by atoms with Crippen molar-refractivity contribution >= 4 is 23.3 Å². The van der Waals surface area contributed by atoms with Crippen LogP contribution < -0.4 is 0 Å². The van der Waals surface area contributed by atoms with Crippen LogP contribution in [0.4, 0.5) is 0 Å². The average molecular weight is 145 g/mol. The van der Waals surface area contributed by atoms with Crippen molar-refractivity contribution in [3.05, 3.63) is 0 Å². The molecule has 3 nitrogen and oxygen atoms in total. The SMILES string of the molecule is COC(=O)C(C)N=C=S. The van der Waals surface area contributed by atoms with Gasteiger partial charge in [-0.25, -0.2) is 9.79 Å². The van der Waals surface area contributed by atoms with Gasteiger partial charge in [0.05, 0.1) is 12.3 Å². The van der Waals surface area contributed by atoms with E-state index < -0.39 is 12.0 Å². The van der Waals surface area contributed by atoms with E-state index in [4.69, 9.17) is 0 Å². The number of rotatable bonds is 2. The lowest BCUT2D eigenvalue weighted by Crippen LogP contribution is -2.15. The first-order valence-electron chi connectivity index (χ1n) is 2.37. The fourth-order valence-electron chi connectivity index (χ4n) is 0.302. The van der Waals surface area contributed by atoms with Crippen LogP contribution in [0.1, 0.15) is 6.92 Å². The molecule has 0 fully saturated rings. The number of esters is 1. The van der Waals surface area contributed by atoms with Crippen LogP contribution in [0.2, 0.25) is 0 Å². The number of hydrogen-bond donors (Lipinski definition) is 0. The van der Waals surface area contributed by atoms with Crippen LogP contribution >= 0.6 is 12.2 Å². The van der Waals surface area contributed by atoms with Gasteiger partial charge in [0, 0.05) is 0 Å². The number of aliphatic imine (C=N–C) groups is 1. The monoisotopic (exact) mass is 145 g/mol. The van der Waals surface area contributed by atoms with Crippen LogP contribution in [0.5, 0.6) is 0 Å². The molecule has 0 amide bonds. The van der Waals surface area contributed by atoms with Crippen LogP contribution in [-0.4, -0.2) is 24.3 Å². The molecule has 0 aliphatic heterocycles. The molecule has 0 aromatic heterocycles. The first-order valence-corrected chi connectivity index (χ1v) is 2.78. The van der Waals surface area contributed by atoms with E-state index in [2.05, 4.69) is 27.1 Å². The third kappa shape index (κ3) is 2.95. The van der Waals surface area contributed by atoms with Crippen LogP contribution in [-0.2, 0) is 9.53 Å². The molecular formula is C5H7NO2S. The standard InChI is InChI=1S/C5H7NO2S/c1-4(6-3-9)5(7)8-2/h4H,1-2H3. The zero-order valence-electron chi connectivity index (χ0n) is 5.25. The summed E-state index contributed by atoms with van der Waals surface area (Å²) in [5, 5.41) is 2.09. The minimum absolute atomic E-state index is 0.396. The molecule has 50 valence electrons. The fourth-order valence-corrected chi connectivity index (χ4v) is 0.460. The lowest BCUT2D eigenvalue weighted by molar-refractivity contribution is -0.141. The highest BCUT2D eigenvalue weighted by Gasteiger charge is 2.08. The van der Waals surface area contributed by atoms with E-state index >= 15 is 0 Å². The molecule has 0 heterocycles. The summed E-state index contributed by atoms with van der Waals surface area (Å²) in [6.45, 7) is 1.59. The molecule has 0 aliphatic rings. The van der Waals surface area contributed by atoms with Gasteiger partial charge in [0.1, 0.15) is 0 Å². The Labute approximate surface area is 58.7 Å². The van der Waals surface area contributed by atoms with Gasteiger partial charge in [0.15, 0.2) is 6.04 Å². The maximum absolute atomic E-state index is 10.5. The summed E-state index contributed by atoms with van der Waals surface area (Å²) >= 11 is 4.27. The van der Waals surface area contributed by atoms with Gasteiger partial charge < -0.3 is 4.74 Å². The summed E-state index contributed by atoms with van der Waals surface area (Å²) in [5.41, 5.74) is 0. The number of carbonyl (C=O) groups excluding carboxylic acids is 1. The number of hydrogen-bond acceptors (Lipinski definition) is 4. The van der Waals surface area contributed by atoms with Gasteiger partial charge in [0.25, 0.3) is 0 Å². The Bertz CT molecular complexity index is 151. The van der Waals surface area contributed by atoms with E-state index in [0.29, 0.717) is 0 Å². The lowest BCUT2D eigenvalue weighted by Gasteiger charge is -1.98. The molecule has 4 heteroatoms. The Hall–Kier alpha value is -0.730. The number of ether oxygens (including phenoxy) is 1. The molecule has 1 atom stereocenters. The fraction of sp³-hybridized carbons (Fsp3) is 0.600. The third-order valence-electron chi connectivity index (χ3n) is 0.789. The molecule has 0 aromatic carbocycles. The minimum atomic E-state index is -0.521. The van der Waals surface area contributed by atoms with Crippen molar-refractivity contribution in [2.45, 2.75) is 13.0 Å². The number of thiocarbonyl (C=S) groups is 1. The first kappa shape index (κ1) is 8.27. The zero-order chi connectivity index (χ0) is 7.28. The second kappa shape index (κ2) is 4.18. The molecule has 1 unspecified atom stereocenters. The molecule has 9 heavy (non-hydrogen) atoms. The summed E-state index contributed by atoms with van der Waals surface area (Å²) in [4.78, 5) is 14.0. The van der Waals surface area contributed by atoms with Gasteiger partial charge in [-0.2, -0.15) is 0 Å². The molecule has 0 N–H and O–H groups in total. The van der Waals surface area contributed by atoms with E-state index in [9.17, 15) is 4.79 Å². The highest BCUT2D eigenvalue weighted by molar-refractivity contribution is 7.78. The predicted molar refractivity (Wildman–Crippen MR) is 36.5 cm³/mol. The summed E-state index contributed by atoms with van der Waals surface area (Å²) in [5.74, 6) is -0.396. The van der Waals surface area contributed by atoms with E-state index in [-0.39, 0.29) is 0 Å². The molecule has 0 radical (unpaired) electrons. The Morgan fingerprint density at radius 3 is 2.78 bits per heavy atom. The highest BCUT2D eigenvalue weighted by Crippen LogP contribution is 1.89. The van der Waals surface area contributed by atoms with E-state index in [1.165, 1.54) is 7.11 Å². The number of isothiocyanates is 1. The van der Waals surface area contributed by atoms with Gasteiger partial charge in [-0.1, -0.05) is 0 Å². The van der Waals surface area contributed by atoms with E-state index in [1.54, 1.807) is 6.92 Å². The quantitative estimate of drug-likeness (QED) is 0.325. The Morgan fingerprint density at radius 1 is 1.89 bits per heavy atom. The lowest BCUT2D eigenvalue weighted by atomic mass is 10.4. The molecule has 0 rings (SSSR count). The Kier molecular flexibility index (Phi) is 3.84. The van der Waals surface area contributed by atoms with Crippen molar-refractivity contribution in [3.63, 3.8) is 0 Å². The molecule has 0 spiro atoms. The van der Waals surface area contributed by atoms with Crippen molar-refractivity contribution in [3.8, 4) is 0 Å². The minimum Gasteiger partial charge on any atom is -0.467 e. The second-order valence-corrected chi connectivity index (χ2v) is 1.60. The van der Waals surface area contributed by atoms with Crippen molar-refractivity contribution in [1.82, 2.24) is 0 Å². The maximum Gasteiger partial charge on any atom is 0.331 e. The first-order chi connectivity index (χ1) is 4.22. The molecule has 0 aliphatic carbocycles. The van der Waals surface area contributed by atoms with Crippen LogP contribution in [0.15, 0.2) is 4.99 Å². The van der Waals surface area contributed by atoms with Crippen molar-refractivity contribution in [2.75, 3.05) is 7.11 Å². The average Bonchev–Trinajstić information content (AvgIpc) is 1.87. The van der Waals surface area contributed by atoms with Gasteiger partial charge in [0.2, 0.25) is 0 Å². The largest absolute Gasteiger partial charge is 0.467 e. The third-order valence-corrected chi connectivity index (χ3v) is 0.894. The highest BCUT2D eigenvalue weighted by atomic mass is 32.1. The van der Waals surface area contributed by atoms with Crippen molar-refractivity contribution < 1.29 is 9.53 Å². The van der Waals surface area contributed by atoms with Crippen molar-refractivity contribution in [1.29, 1.82) is 0 Å². The predicted octanol–water partition coefficient (Wildman–Crippen LogP) is 0.651. The van der Waals surface area contributed by atoms with Gasteiger partial charge in [-0.15, -0.1) is 0 Å². The second-order valence-electron chi connectivity index (χ2n) is 1.42. The summed E-state index contributed by atoms with van der Waals surface area (Å²) in [6, 6.07) is -0.521. The number of methoxy groups -OCH3 is 1. The van der Waals surface area contributed by atoms with Crippen molar-refractivity contribution in [2.24, 2.45) is 4.99 Å². The molecule has 0 saturated carbocycles. The molecule has 0 bridgehead atoms. The van der Waals surface area contributed by atoms with Gasteiger partial charge in [-0.3, -0.25) is 0 Å². The Morgan fingerprint density at radius 2 is 2.44 bits per heavy atom. The summed E-state index contributed by atoms with van der Waals surface area (Å²) < 4.78 is 4.35. The van der Waals surface area contributed by atoms with E-state index in [1.807, 2.05) is 0 Å². The number of carbonyl (C=O) groups is 1. The normalized spacial score (nSPS) is 11.3. The van der Waals surface area contributed by atoms with Crippen LogP contribution in [0, 0.1) is 0 Å². The van der Waals surface area contributed by atoms with Crippen LogP contribution in [0.3, 0.4) is 0 Å². The molecule has 0 saturated heterocycles. The van der Waals surface area contributed by atoms with Crippen LogP contribution in [0.25, 0.3) is 0 Å². The van der Waals surface area contributed by atoms with Gasteiger partial charge >= 0.3 is 5.97 Å². The summed E-state index contributed by atoms with van der Waals surface area (Å²) in [6.07, 6.45) is 0. The zero-order valence-corrected chi connectivity index (χ0v) is 6.07. The smallest absolute Gasteiger partial charge is 0.331 e. The molecule has 0 aromatic rings.